The Labute approximate surface area is 113 Å². The molecule has 0 bridgehead atoms. The molecule has 0 aliphatic heterocycles. The molecule has 0 saturated carbocycles. The van der Waals surface area contributed by atoms with Gasteiger partial charge in [0.2, 0.25) is 0 Å². The van der Waals surface area contributed by atoms with Crippen LogP contribution in [0, 0.1) is 12.3 Å². The molecule has 18 heavy (non-hydrogen) atoms. The summed E-state index contributed by atoms with van der Waals surface area (Å²) in [4.78, 5) is 0. The number of rotatable bonds is 4. The molecule has 0 saturated heterocycles. The lowest BCUT2D eigenvalue weighted by Gasteiger charge is -2.19. The fourth-order valence-corrected chi connectivity index (χ4v) is 1.93. The smallest absolute Gasteiger partial charge is 0.300 e. The molecule has 1 aromatic carbocycles. The molecule has 0 aliphatic carbocycles. The van der Waals surface area contributed by atoms with Crippen molar-refractivity contribution in [3.63, 3.8) is 0 Å². The van der Waals surface area contributed by atoms with Crippen LogP contribution in [-0.2, 0) is 6.18 Å². The third-order valence-corrected chi connectivity index (χ3v) is 2.89. The van der Waals surface area contributed by atoms with Gasteiger partial charge in [0.15, 0.2) is 0 Å². The average molecular weight is 320 g/mol. The molecule has 1 unspecified atom stereocenters. The van der Waals surface area contributed by atoms with E-state index in [1.807, 2.05) is 6.92 Å². The predicted molar refractivity (Wildman–Crippen MR) is 69.0 cm³/mol. The molecule has 0 radical (unpaired) electrons. The lowest BCUT2D eigenvalue weighted by molar-refractivity contribution is -0.138. The van der Waals surface area contributed by atoms with Crippen molar-refractivity contribution in [1.82, 2.24) is 5.32 Å². The Morgan fingerprint density at radius 3 is 2.61 bits per heavy atom. The van der Waals surface area contributed by atoms with E-state index >= 15 is 0 Å². The minimum Gasteiger partial charge on any atom is -0.300 e. The van der Waals surface area contributed by atoms with Crippen molar-refractivity contribution in [2.75, 3.05) is 6.54 Å². The van der Waals surface area contributed by atoms with Crippen molar-refractivity contribution in [2.24, 2.45) is 0 Å². The van der Waals surface area contributed by atoms with Gasteiger partial charge in [0.05, 0.1) is 11.6 Å². The molecule has 1 atom stereocenters. The normalized spacial score (nSPS) is 13.1. The Balaban J connectivity index is 3.18. The van der Waals surface area contributed by atoms with Crippen LogP contribution in [0.3, 0.4) is 0 Å². The van der Waals surface area contributed by atoms with Crippen LogP contribution in [0.25, 0.3) is 0 Å². The zero-order chi connectivity index (χ0) is 13.8. The summed E-state index contributed by atoms with van der Waals surface area (Å²) < 4.78 is 39.2. The summed E-state index contributed by atoms with van der Waals surface area (Å²) in [6.45, 7) is 2.50. The molecule has 0 aliphatic rings. The Hall–Kier alpha value is -0.990. The molecule has 1 aromatic rings. The highest BCUT2D eigenvalue weighted by molar-refractivity contribution is 9.10. The summed E-state index contributed by atoms with van der Waals surface area (Å²) in [5.74, 6) is 2.36. The van der Waals surface area contributed by atoms with Crippen LogP contribution in [0.4, 0.5) is 13.2 Å². The van der Waals surface area contributed by atoms with Gasteiger partial charge in [-0.1, -0.05) is 34.8 Å². The monoisotopic (exact) mass is 319 g/mol. The number of alkyl halides is 3. The molecular weight excluding hydrogens is 307 g/mol. The highest BCUT2D eigenvalue weighted by atomic mass is 79.9. The Bertz CT molecular complexity index is 449. The minimum atomic E-state index is -4.41. The van der Waals surface area contributed by atoms with E-state index in [1.54, 1.807) is 6.07 Å². The first-order chi connectivity index (χ1) is 8.40. The van der Waals surface area contributed by atoms with Crippen molar-refractivity contribution in [2.45, 2.75) is 25.6 Å². The highest BCUT2D eigenvalue weighted by Crippen LogP contribution is 2.36. The van der Waals surface area contributed by atoms with Gasteiger partial charge in [0.1, 0.15) is 0 Å². The van der Waals surface area contributed by atoms with Crippen molar-refractivity contribution >= 4 is 15.9 Å². The number of hydrogen-bond acceptors (Lipinski definition) is 1. The van der Waals surface area contributed by atoms with E-state index < -0.39 is 17.8 Å². The second kappa shape index (κ2) is 6.26. The molecular formula is C13H13BrF3N. The minimum absolute atomic E-state index is 0.0849. The van der Waals surface area contributed by atoms with Crippen molar-refractivity contribution in [3.05, 3.63) is 33.8 Å². The molecule has 98 valence electrons. The van der Waals surface area contributed by atoms with E-state index in [0.29, 0.717) is 11.0 Å². The summed E-state index contributed by atoms with van der Waals surface area (Å²) in [7, 11) is 0. The molecule has 0 fully saturated rings. The predicted octanol–water partition coefficient (Wildman–Crippen LogP) is 4.14. The molecule has 0 heterocycles. The molecule has 1 nitrogen and oxygen atoms in total. The number of halogens is 4. The van der Waals surface area contributed by atoms with Crippen molar-refractivity contribution < 1.29 is 13.2 Å². The van der Waals surface area contributed by atoms with Crippen LogP contribution in [-0.4, -0.2) is 6.54 Å². The molecule has 0 spiro atoms. The molecule has 0 aromatic heterocycles. The fraction of sp³-hybridized carbons (Fsp3) is 0.385. The Morgan fingerprint density at radius 1 is 1.44 bits per heavy atom. The zero-order valence-corrected chi connectivity index (χ0v) is 11.4. The van der Waals surface area contributed by atoms with Gasteiger partial charge in [-0.3, -0.25) is 5.32 Å². The third-order valence-electron chi connectivity index (χ3n) is 2.40. The second-order valence-corrected chi connectivity index (χ2v) is 4.70. The number of terminal acetylenes is 1. The van der Waals surface area contributed by atoms with E-state index in [4.69, 9.17) is 6.42 Å². The van der Waals surface area contributed by atoms with E-state index in [9.17, 15) is 13.2 Å². The number of hydrogen-bond donors (Lipinski definition) is 1. The molecule has 5 heteroatoms. The average Bonchev–Trinajstić information content (AvgIpc) is 2.30. The van der Waals surface area contributed by atoms with Crippen LogP contribution in [0.2, 0.25) is 0 Å². The quantitative estimate of drug-likeness (QED) is 0.822. The van der Waals surface area contributed by atoms with Gasteiger partial charge >= 0.3 is 6.18 Å². The summed E-state index contributed by atoms with van der Waals surface area (Å²) in [6, 6.07) is 3.28. The van der Waals surface area contributed by atoms with E-state index in [0.717, 1.165) is 12.5 Å². The molecule has 1 rings (SSSR count). The van der Waals surface area contributed by atoms with Gasteiger partial charge in [-0.05, 0) is 30.7 Å². The molecule has 0 amide bonds. The second-order valence-electron chi connectivity index (χ2n) is 3.78. The number of nitrogens with one attached hydrogen (secondary N) is 1. The maximum absolute atomic E-state index is 12.9. The maximum Gasteiger partial charge on any atom is 0.416 e. The SMILES string of the molecule is C#CC(NCCC)c1ccc(Br)cc1C(F)(F)F. The Morgan fingerprint density at radius 2 is 2.11 bits per heavy atom. The topological polar surface area (TPSA) is 12.0 Å². The summed E-state index contributed by atoms with van der Waals surface area (Å²) >= 11 is 3.04. The number of benzene rings is 1. The fourth-order valence-electron chi connectivity index (χ4n) is 1.57. The highest BCUT2D eigenvalue weighted by Gasteiger charge is 2.35. The first-order valence-electron chi connectivity index (χ1n) is 5.46. The first kappa shape index (κ1) is 15.1. The van der Waals surface area contributed by atoms with Gasteiger partial charge in [0, 0.05) is 4.47 Å². The van der Waals surface area contributed by atoms with Gasteiger partial charge in [-0.25, -0.2) is 0 Å². The lowest BCUT2D eigenvalue weighted by atomic mass is 10.00. The largest absolute Gasteiger partial charge is 0.416 e. The van der Waals surface area contributed by atoms with Crippen LogP contribution < -0.4 is 5.32 Å². The molecule has 1 N–H and O–H groups in total. The summed E-state index contributed by atoms with van der Waals surface area (Å²) in [5.41, 5.74) is -0.620. The van der Waals surface area contributed by atoms with Crippen molar-refractivity contribution in [1.29, 1.82) is 0 Å². The lowest BCUT2D eigenvalue weighted by Crippen LogP contribution is -2.23. The van der Waals surface area contributed by atoms with E-state index in [2.05, 4.69) is 27.2 Å². The zero-order valence-electron chi connectivity index (χ0n) is 9.81. The summed E-state index contributed by atoms with van der Waals surface area (Å²) in [6.07, 6.45) is 1.69. The van der Waals surface area contributed by atoms with Crippen molar-refractivity contribution in [3.8, 4) is 12.3 Å². The van der Waals surface area contributed by atoms with Gasteiger partial charge in [-0.15, -0.1) is 6.42 Å². The van der Waals surface area contributed by atoms with Crippen LogP contribution in [0.1, 0.15) is 30.5 Å². The van der Waals surface area contributed by atoms with Crippen LogP contribution >= 0.6 is 15.9 Å². The Kier molecular flexibility index (Phi) is 5.24. The van der Waals surface area contributed by atoms with Gasteiger partial charge < -0.3 is 0 Å². The third kappa shape index (κ3) is 3.76. The van der Waals surface area contributed by atoms with Crippen LogP contribution in [0.15, 0.2) is 22.7 Å². The van der Waals surface area contributed by atoms with Crippen LogP contribution in [0.5, 0.6) is 0 Å². The first-order valence-corrected chi connectivity index (χ1v) is 6.25. The van der Waals surface area contributed by atoms with Gasteiger partial charge in [0.25, 0.3) is 0 Å². The van der Waals surface area contributed by atoms with Gasteiger partial charge in [-0.2, -0.15) is 13.2 Å². The van der Waals surface area contributed by atoms with E-state index in [-0.39, 0.29) is 5.56 Å². The standard InChI is InChI=1S/C13H13BrF3N/c1-3-7-18-12(4-2)10-6-5-9(14)8-11(10)13(15,16)17/h2,5-6,8,12,18H,3,7H2,1H3. The maximum atomic E-state index is 12.9. The van der Waals surface area contributed by atoms with E-state index in [1.165, 1.54) is 6.07 Å². The summed E-state index contributed by atoms with van der Waals surface area (Å²) in [5, 5.41) is 2.92.